The Hall–Kier alpha value is -1.57. The number of allylic oxidation sites excluding steroid dienone is 1. The molecule has 68 valence electrons. The van der Waals surface area contributed by atoms with Crippen LogP contribution in [0.15, 0.2) is 30.3 Å². The quantitative estimate of drug-likeness (QED) is 0.660. The first-order valence-electron chi connectivity index (χ1n) is 4.05. The highest BCUT2D eigenvalue weighted by Gasteiger charge is 1.91. The van der Waals surface area contributed by atoms with Crippen LogP contribution in [-0.2, 0) is 4.79 Å². The average Bonchev–Trinajstić information content (AvgIpc) is 2.15. The molecule has 0 aliphatic rings. The van der Waals surface area contributed by atoms with E-state index in [2.05, 4.69) is 0 Å². The molecular formula is C11H12O2. The first-order valence-corrected chi connectivity index (χ1v) is 4.05. The zero-order valence-electron chi connectivity index (χ0n) is 7.78. The highest BCUT2D eigenvalue weighted by molar-refractivity contribution is 5.91. The van der Waals surface area contributed by atoms with Crippen LogP contribution >= 0.6 is 0 Å². The minimum Gasteiger partial charge on any atom is -0.497 e. The number of hydrogen-bond donors (Lipinski definition) is 0. The van der Waals surface area contributed by atoms with Crippen molar-refractivity contribution in [3.8, 4) is 5.75 Å². The molecule has 0 saturated heterocycles. The molecule has 1 rings (SSSR count). The number of carbonyl (C=O) groups is 1. The average molecular weight is 176 g/mol. The Bertz CT molecular complexity index is 327. The van der Waals surface area contributed by atoms with Crippen molar-refractivity contribution in [3.63, 3.8) is 0 Å². The summed E-state index contributed by atoms with van der Waals surface area (Å²) in [5.74, 6) is 0.841. The zero-order chi connectivity index (χ0) is 9.68. The maximum Gasteiger partial charge on any atom is 0.152 e. The monoisotopic (exact) mass is 176 g/mol. The summed E-state index contributed by atoms with van der Waals surface area (Å²) in [7, 11) is 1.62. The molecule has 0 aliphatic heterocycles. The Balaban J connectivity index is 2.83. The number of benzene rings is 1. The molecule has 0 fully saturated rings. The summed E-state index contributed by atoms with van der Waals surface area (Å²) in [6.07, 6.45) is 3.31. The van der Waals surface area contributed by atoms with Gasteiger partial charge in [0.1, 0.15) is 5.75 Å². The van der Waals surface area contributed by atoms with Crippen molar-refractivity contribution in [2.75, 3.05) is 7.11 Å². The van der Waals surface area contributed by atoms with Gasteiger partial charge in [-0.3, -0.25) is 4.79 Å². The van der Waals surface area contributed by atoms with E-state index >= 15 is 0 Å². The molecule has 0 N–H and O–H groups in total. The van der Waals surface area contributed by atoms with E-state index in [1.807, 2.05) is 24.3 Å². The van der Waals surface area contributed by atoms with Gasteiger partial charge in [0.05, 0.1) is 7.11 Å². The third kappa shape index (κ3) is 3.11. The first-order chi connectivity index (χ1) is 6.22. The third-order valence-corrected chi connectivity index (χ3v) is 1.60. The molecule has 13 heavy (non-hydrogen) atoms. The number of rotatable bonds is 3. The smallest absolute Gasteiger partial charge is 0.152 e. The zero-order valence-corrected chi connectivity index (χ0v) is 7.78. The lowest BCUT2D eigenvalue weighted by Crippen LogP contribution is -1.83. The van der Waals surface area contributed by atoms with Gasteiger partial charge in [0.25, 0.3) is 0 Å². The molecule has 0 radical (unpaired) electrons. The summed E-state index contributed by atoms with van der Waals surface area (Å²) in [5.41, 5.74) is 0.967. The second-order valence-corrected chi connectivity index (χ2v) is 2.72. The number of methoxy groups -OCH3 is 1. The molecule has 0 aromatic heterocycles. The lowest BCUT2D eigenvalue weighted by atomic mass is 10.2. The van der Waals surface area contributed by atoms with Gasteiger partial charge in [-0.2, -0.15) is 0 Å². The van der Waals surface area contributed by atoms with Crippen LogP contribution in [-0.4, -0.2) is 12.9 Å². The highest BCUT2D eigenvalue weighted by Crippen LogP contribution is 2.13. The van der Waals surface area contributed by atoms with Crippen LogP contribution in [0.1, 0.15) is 12.5 Å². The largest absolute Gasteiger partial charge is 0.497 e. The standard InChI is InChI=1S/C11H12O2/c1-9(12)6-7-10-4-3-5-11(8-10)13-2/h3-8H,1-2H3/b7-6+. The van der Waals surface area contributed by atoms with Gasteiger partial charge in [0, 0.05) is 0 Å². The van der Waals surface area contributed by atoms with Crippen LogP contribution in [0.3, 0.4) is 0 Å². The van der Waals surface area contributed by atoms with Crippen LogP contribution in [0.5, 0.6) is 5.75 Å². The summed E-state index contributed by atoms with van der Waals surface area (Å²) < 4.78 is 5.04. The van der Waals surface area contributed by atoms with Gasteiger partial charge in [0.15, 0.2) is 5.78 Å². The Kier molecular flexibility index (Phi) is 3.26. The van der Waals surface area contributed by atoms with Gasteiger partial charge < -0.3 is 4.74 Å². The Morgan fingerprint density at radius 3 is 2.85 bits per heavy atom. The van der Waals surface area contributed by atoms with Crippen LogP contribution in [0.2, 0.25) is 0 Å². The van der Waals surface area contributed by atoms with E-state index in [0.717, 1.165) is 11.3 Å². The molecule has 1 aromatic carbocycles. The summed E-state index contributed by atoms with van der Waals surface area (Å²) >= 11 is 0. The van der Waals surface area contributed by atoms with Gasteiger partial charge >= 0.3 is 0 Å². The van der Waals surface area contributed by atoms with E-state index in [0.29, 0.717) is 0 Å². The molecule has 0 amide bonds. The van der Waals surface area contributed by atoms with Gasteiger partial charge in [0.2, 0.25) is 0 Å². The fourth-order valence-electron chi connectivity index (χ4n) is 0.959. The van der Waals surface area contributed by atoms with Crippen molar-refractivity contribution in [2.45, 2.75) is 6.92 Å². The molecule has 0 heterocycles. The van der Waals surface area contributed by atoms with Crippen LogP contribution in [0.25, 0.3) is 6.08 Å². The minimum atomic E-state index is 0.0443. The predicted octanol–water partition coefficient (Wildman–Crippen LogP) is 2.30. The number of ether oxygens (including phenoxy) is 1. The molecule has 1 aromatic rings. The van der Waals surface area contributed by atoms with E-state index in [9.17, 15) is 4.79 Å². The summed E-state index contributed by atoms with van der Waals surface area (Å²) in [6, 6.07) is 7.55. The van der Waals surface area contributed by atoms with Crippen molar-refractivity contribution in [1.29, 1.82) is 0 Å². The van der Waals surface area contributed by atoms with Crippen LogP contribution < -0.4 is 4.74 Å². The summed E-state index contributed by atoms with van der Waals surface area (Å²) in [5, 5.41) is 0. The Morgan fingerprint density at radius 2 is 2.23 bits per heavy atom. The van der Waals surface area contributed by atoms with Crippen molar-refractivity contribution < 1.29 is 9.53 Å². The van der Waals surface area contributed by atoms with Gasteiger partial charge in [-0.25, -0.2) is 0 Å². The van der Waals surface area contributed by atoms with E-state index in [-0.39, 0.29) is 5.78 Å². The van der Waals surface area contributed by atoms with Gasteiger partial charge in [-0.15, -0.1) is 0 Å². The topological polar surface area (TPSA) is 26.3 Å². The van der Waals surface area contributed by atoms with Crippen LogP contribution in [0.4, 0.5) is 0 Å². The molecule has 0 unspecified atom stereocenters. The van der Waals surface area contributed by atoms with Gasteiger partial charge in [-0.05, 0) is 30.7 Å². The van der Waals surface area contributed by atoms with E-state index < -0.39 is 0 Å². The second kappa shape index (κ2) is 4.45. The van der Waals surface area contributed by atoms with Crippen molar-refractivity contribution >= 4 is 11.9 Å². The Labute approximate surface area is 77.8 Å². The highest BCUT2D eigenvalue weighted by atomic mass is 16.5. The summed E-state index contributed by atoms with van der Waals surface area (Å²) in [6.45, 7) is 1.52. The van der Waals surface area contributed by atoms with E-state index in [1.165, 1.54) is 13.0 Å². The second-order valence-electron chi connectivity index (χ2n) is 2.72. The minimum absolute atomic E-state index is 0.0443. The maximum atomic E-state index is 10.7. The molecule has 0 spiro atoms. The molecular weight excluding hydrogens is 164 g/mol. The fraction of sp³-hybridized carbons (Fsp3) is 0.182. The van der Waals surface area contributed by atoms with Crippen molar-refractivity contribution in [3.05, 3.63) is 35.9 Å². The number of carbonyl (C=O) groups excluding carboxylic acids is 1. The molecule has 2 nitrogen and oxygen atoms in total. The molecule has 0 saturated carbocycles. The van der Waals surface area contributed by atoms with Gasteiger partial charge in [-0.1, -0.05) is 18.2 Å². The Morgan fingerprint density at radius 1 is 1.46 bits per heavy atom. The predicted molar refractivity (Wildman–Crippen MR) is 52.7 cm³/mol. The van der Waals surface area contributed by atoms with E-state index in [1.54, 1.807) is 13.2 Å². The molecule has 0 bridgehead atoms. The third-order valence-electron chi connectivity index (χ3n) is 1.60. The van der Waals surface area contributed by atoms with E-state index in [4.69, 9.17) is 4.74 Å². The first kappa shape index (κ1) is 9.52. The fourth-order valence-corrected chi connectivity index (χ4v) is 0.959. The maximum absolute atomic E-state index is 10.7. The van der Waals surface area contributed by atoms with Crippen LogP contribution in [0, 0.1) is 0 Å². The number of hydrogen-bond acceptors (Lipinski definition) is 2. The van der Waals surface area contributed by atoms with Crippen molar-refractivity contribution in [2.24, 2.45) is 0 Å². The van der Waals surface area contributed by atoms with Crippen molar-refractivity contribution in [1.82, 2.24) is 0 Å². The lowest BCUT2D eigenvalue weighted by Gasteiger charge is -1.99. The molecule has 0 atom stereocenters. The normalized spacial score (nSPS) is 10.3. The lowest BCUT2D eigenvalue weighted by molar-refractivity contribution is -0.112. The summed E-state index contributed by atoms with van der Waals surface area (Å²) in [4.78, 5) is 10.7. The molecule has 0 aliphatic carbocycles. The number of ketones is 1. The molecule has 2 heteroatoms. The SMILES string of the molecule is COc1cccc(/C=C/C(C)=O)c1.